The van der Waals surface area contributed by atoms with E-state index in [1.807, 2.05) is 0 Å². The van der Waals surface area contributed by atoms with Gasteiger partial charge in [0.2, 0.25) is 0 Å². The van der Waals surface area contributed by atoms with Crippen LogP contribution in [0.4, 0.5) is 14.9 Å². The molecule has 1 aromatic heterocycles. The van der Waals surface area contributed by atoms with E-state index in [2.05, 4.69) is 5.16 Å². The zero-order valence-corrected chi connectivity index (χ0v) is 14.9. The zero-order valence-electron chi connectivity index (χ0n) is 14.1. The second-order valence-electron chi connectivity index (χ2n) is 5.77. The van der Waals surface area contributed by atoms with Crippen molar-refractivity contribution in [2.45, 2.75) is 19.9 Å². The number of aromatic nitrogens is 1. The highest BCUT2D eigenvalue weighted by Gasteiger charge is 2.32. The van der Waals surface area contributed by atoms with E-state index in [9.17, 15) is 14.3 Å². The van der Waals surface area contributed by atoms with Gasteiger partial charge in [-0.25, -0.2) is 9.18 Å². The van der Waals surface area contributed by atoms with E-state index in [1.54, 1.807) is 50.2 Å². The van der Waals surface area contributed by atoms with Gasteiger partial charge < -0.3 is 9.63 Å². The Morgan fingerprint density at radius 1 is 1.23 bits per heavy atom. The smallest absolute Gasteiger partial charge is 0.412 e. The molecule has 0 aliphatic rings. The molecule has 1 amide bonds. The lowest BCUT2D eigenvalue weighted by molar-refractivity contribution is 0.199. The molecular formula is C19H16ClFN2O3. The number of anilines is 1. The van der Waals surface area contributed by atoms with Gasteiger partial charge in [0.25, 0.3) is 0 Å². The van der Waals surface area contributed by atoms with Gasteiger partial charge in [-0.1, -0.05) is 47.1 Å². The summed E-state index contributed by atoms with van der Waals surface area (Å²) in [5.41, 5.74) is 1.10. The lowest BCUT2D eigenvalue weighted by Gasteiger charge is -2.27. The molecule has 0 saturated carbocycles. The molecule has 0 saturated heterocycles. The van der Waals surface area contributed by atoms with E-state index in [0.717, 1.165) is 4.90 Å². The summed E-state index contributed by atoms with van der Waals surface area (Å²) >= 11 is 6.23. The molecule has 1 atom stereocenters. The summed E-state index contributed by atoms with van der Waals surface area (Å²) in [4.78, 5) is 13.2. The summed E-state index contributed by atoms with van der Waals surface area (Å²) in [6.45, 7) is 3.29. The molecule has 0 fully saturated rings. The van der Waals surface area contributed by atoms with Crippen LogP contribution >= 0.6 is 11.6 Å². The molecule has 0 bridgehead atoms. The van der Waals surface area contributed by atoms with E-state index in [0.29, 0.717) is 10.6 Å². The maximum atomic E-state index is 14.2. The molecule has 0 aliphatic carbocycles. The summed E-state index contributed by atoms with van der Waals surface area (Å²) in [7, 11) is 0. The standard InChI is InChI=1S/C19H16ClFN2O3/c1-11(13-7-3-5-9-15(13)20)23(19(24)25)18-12(2)26-22-17(18)14-8-4-6-10-16(14)21/h3-11H,1-2H3,(H,24,25). The summed E-state index contributed by atoms with van der Waals surface area (Å²) < 4.78 is 19.4. The number of amides is 1. The summed E-state index contributed by atoms with van der Waals surface area (Å²) in [5.74, 6) is -0.248. The van der Waals surface area contributed by atoms with Crippen molar-refractivity contribution in [3.63, 3.8) is 0 Å². The Kier molecular flexibility index (Phi) is 4.95. The molecule has 1 unspecified atom stereocenters. The first-order chi connectivity index (χ1) is 12.4. The minimum Gasteiger partial charge on any atom is -0.465 e. The van der Waals surface area contributed by atoms with Crippen LogP contribution in [0.25, 0.3) is 11.3 Å². The van der Waals surface area contributed by atoms with Gasteiger partial charge in [-0.15, -0.1) is 0 Å². The fourth-order valence-electron chi connectivity index (χ4n) is 2.89. The van der Waals surface area contributed by atoms with Crippen LogP contribution in [0.15, 0.2) is 53.1 Å². The number of nitrogens with zero attached hydrogens (tertiary/aromatic N) is 2. The average molecular weight is 375 g/mol. The van der Waals surface area contributed by atoms with Crippen LogP contribution in [0, 0.1) is 12.7 Å². The number of benzene rings is 2. The number of carbonyl (C=O) groups is 1. The zero-order chi connectivity index (χ0) is 18.8. The van der Waals surface area contributed by atoms with Gasteiger partial charge >= 0.3 is 6.09 Å². The fourth-order valence-corrected chi connectivity index (χ4v) is 3.18. The van der Waals surface area contributed by atoms with Crippen molar-refractivity contribution in [2.24, 2.45) is 0 Å². The second kappa shape index (κ2) is 7.17. The Hall–Kier alpha value is -2.86. The van der Waals surface area contributed by atoms with Gasteiger partial charge in [0.05, 0.1) is 6.04 Å². The van der Waals surface area contributed by atoms with Crippen molar-refractivity contribution < 1.29 is 18.8 Å². The normalized spacial score (nSPS) is 12.0. The summed E-state index contributed by atoms with van der Waals surface area (Å²) in [5, 5.41) is 14.2. The van der Waals surface area contributed by atoms with E-state index >= 15 is 0 Å². The third kappa shape index (κ3) is 3.15. The first-order valence-corrected chi connectivity index (χ1v) is 8.27. The number of rotatable bonds is 4. The predicted octanol–water partition coefficient (Wildman–Crippen LogP) is 5.69. The SMILES string of the molecule is Cc1onc(-c2ccccc2F)c1N(C(=O)O)C(C)c1ccccc1Cl. The molecular weight excluding hydrogens is 359 g/mol. The first kappa shape index (κ1) is 17.9. The summed E-state index contributed by atoms with van der Waals surface area (Å²) in [6, 6.07) is 12.3. The van der Waals surface area contributed by atoms with Crippen LogP contribution in [0.2, 0.25) is 5.02 Å². The molecule has 1 N–H and O–H groups in total. The highest BCUT2D eigenvalue weighted by Crippen LogP contribution is 2.39. The Morgan fingerprint density at radius 3 is 2.54 bits per heavy atom. The molecule has 134 valence electrons. The number of hydrogen-bond acceptors (Lipinski definition) is 3. The molecule has 3 rings (SSSR count). The van der Waals surface area contributed by atoms with Crippen molar-refractivity contribution in [3.05, 3.63) is 70.7 Å². The Labute approximate surface area is 154 Å². The highest BCUT2D eigenvalue weighted by molar-refractivity contribution is 6.31. The molecule has 1 heterocycles. The summed E-state index contributed by atoms with van der Waals surface area (Å²) in [6.07, 6.45) is -1.22. The molecule has 26 heavy (non-hydrogen) atoms. The van der Waals surface area contributed by atoms with E-state index in [-0.39, 0.29) is 22.7 Å². The van der Waals surface area contributed by atoms with Gasteiger partial charge in [-0.3, -0.25) is 4.90 Å². The lowest BCUT2D eigenvalue weighted by atomic mass is 10.0. The van der Waals surface area contributed by atoms with Crippen molar-refractivity contribution in [2.75, 3.05) is 4.90 Å². The highest BCUT2D eigenvalue weighted by atomic mass is 35.5. The van der Waals surface area contributed by atoms with E-state index < -0.39 is 18.0 Å². The Morgan fingerprint density at radius 2 is 1.88 bits per heavy atom. The topological polar surface area (TPSA) is 66.6 Å². The van der Waals surface area contributed by atoms with Crippen LogP contribution in [0.3, 0.4) is 0 Å². The monoisotopic (exact) mass is 374 g/mol. The molecule has 0 aliphatic heterocycles. The molecule has 2 aromatic carbocycles. The van der Waals surface area contributed by atoms with Gasteiger partial charge in [0.15, 0.2) is 5.76 Å². The van der Waals surface area contributed by atoms with Crippen molar-refractivity contribution in [3.8, 4) is 11.3 Å². The van der Waals surface area contributed by atoms with Gasteiger partial charge in [-0.2, -0.15) is 0 Å². The molecule has 3 aromatic rings. The fraction of sp³-hybridized carbons (Fsp3) is 0.158. The van der Waals surface area contributed by atoms with E-state index in [4.69, 9.17) is 16.1 Å². The van der Waals surface area contributed by atoms with Crippen molar-refractivity contribution >= 4 is 23.4 Å². The molecule has 0 radical (unpaired) electrons. The number of halogens is 2. The predicted molar refractivity (Wildman–Crippen MR) is 97.0 cm³/mol. The van der Waals surface area contributed by atoms with Gasteiger partial charge in [0, 0.05) is 10.6 Å². The third-order valence-corrected chi connectivity index (χ3v) is 4.49. The van der Waals surface area contributed by atoms with Crippen LogP contribution in [-0.4, -0.2) is 16.4 Å². The van der Waals surface area contributed by atoms with Crippen molar-refractivity contribution in [1.29, 1.82) is 0 Å². The molecule has 7 heteroatoms. The number of aryl methyl sites for hydroxylation is 1. The molecule has 0 spiro atoms. The minimum absolute atomic E-state index is 0.127. The van der Waals surface area contributed by atoms with Crippen molar-refractivity contribution in [1.82, 2.24) is 5.16 Å². The third-order valence-electron chi connectivity index (χ3n) is 4.15. The largest absolute Gasteiger partial charge is 0.465 e. The Bertz CT molecular complexity index is 957. The number of carboxylic acid groups (broad SMARTS) is 1. The minimum atomic E-state index is -1.22. The second-order valence-corrected chi connectivity index (χ2v) is 6.17. The lowest BCUT2D eigenvalue weighted by Crippen LogP contribution is -2.33. The van der Waals surface area contributed by atoms with Crippen LogP contribution < -0.4 is 4.90 Å². The van der Waals surface area contributed by atoms with Crippen LogP contribution in [0.1, 0.15) is 24.3 Å². The maximum absolute atomic E-state index is 14.2. The van der Waals surface area contributed by atoms with Gasteiger partial charge in [-0.05, 0) is 37.6 Å². The first-order valence-electron chi connectivity index (χ1n) is 7.89. The quantitative estimate of drug-likeness (QED) is 0.637. The maximum Gasteiger partial charge on any atom is 0.412 e. The average Bonchev–Trinajstić information content (AvgIpc) is 2.97. The van der Waals surface area contributed by atoms with E-state index in [1.165, 1.54) is 12.1 Å². The van der Waals surface area contributed by atoms with Crippen LogP contribution in [0.5, 0.6) is 0 Å². The van der Waals surface area contributed by atoms with Crippen LogP contribution in [-0.2, 0) is 0 Å². The van der Waals surface area contributed by atoms with Gasteiger partial charge in [0.1, 0.15) is 17.2 Å². The molecule has 5 nitrogen and oxygen atoms in total. The Balaban J connectivity index is 2.16. The number of hydrogen-bond donors (Lipinski definition) is 1.